The molecule has 3 aromatic heterocycles. The van der Waals surface area contributed by atoms with E-state index in [2.05, 4.69) is 20.9 Å². The molecule has 1 aromatic carbocycles. The lowest BCUT2D eigenvalue weighted by Gasteiger charge is -2.11. The fourth-order valence-corrected chi connectivity index (χ4v) is 2.98. The second-order valence-corrected chi connectivity index (χ2v) is 6.73. The van der Waals surface area contributed by atoms with Gasteiger partial charge in [-0.15, -0.1) is 0 Å². The van der Waals surface area contributed by atoms with E-state index >= 15 is 0 Å². The number of hydrogen-bond acceptors (Lipinski definition) is 5. The minimum atomic E-state index is -0.474. The SMILES string of the molecule is CC(C)n1ncc2c(C(=O)NNC(=O)c3ccccc3)cc(-c3ccco3)nc21. The molecule has 146 valence electrons. The first-order chi connectivity index (χ1) is 14.0. The van der Waals surface area contributed by atoms with Gasteiger partial charge in [-0.1, -0.05) is 18.2 Å². The molecule has 0 atom stereocenters. The maximum atomic E-state index is 12.9. The van der Waals surface area contributed by atoms with E-state index in [1.165, 1.54) is 0 Å². The number of aromatic nitrogens is 3. The average Bonchev–Trinajstić information content (AvgIpc) is 3.41. The van der Waals surface area contributed by atoms with Gasteiger partial charge in [-0.05, 0) is 44.2 Å². The summed E-state index contributed by atoms with van der Waals surface area (Å²) in [6, 6.07) is 13.8. The number of nitrogens with zero attached hydrogens (tertiary/aromatic N) is 3. The minimum Gasteiger partial charge on any atom is -0.463 e. The van der Waals surface area contributed by atoms with Crippen LogP contribution in [0.5, 0.6) is 0 Å². The number of amides is 2. The van der Waals surface area contributed by atoms with Gasteiger partial charge >= 0.3 is 0 Å². The van der Waals surface area contributed by atoms with E-state index < -0.39 is 11.8 Å². The third-order valence-electron chi connectivity index (χ3n) is 4.40. The van der Waals surface area contributed by atoms with E-state index in [1.54, 1.807) is 59.6 Å². The highest BCUT2D eigenvalue weighted by molar-refractivity contribution is 6.07. The zero-order chi connectivity index (χ0) is 20.4. The molecule has 0 aliphatic heterocycles. The summed E-state index contributed by atoms with van der Waals surface area (Å²) in [6.45, 7) is 3.96. The van der Waals surface area contributed by atoms with Gasteiger partial charge in [0.2, 0.25) is 0 Å². The highest BCUT2D eigenvalue weighted by Gasteiger charge is 2.20. The van der Waals surface area contributed by atoms with Gasteiger partial charge in [-0.2, -0.15) is 5.10 Å². The number of pyridine rings is 1. The number of fused-ring (bicyclic) bond motifs is 1. The smallest absolute Gasteiger partial charge is 0.270 e. The van der Waals surface area contributed by atoms with Crippen molar-refractivity contribution >= 4 is 22.8 Å². The summed E-state index contributed by atoms with van der Waals surface area (Å²) >= 11 is 0. The Hall–Kier alpha value is -3.94. The Labute approximate surface area is 166 Å². The number of furan rings is 1. The number of carbonyl (C=O) groups is 2. The van der Waals surface area contributed by atoms with Gasteiger partial charge in [0.05, 0.1) is 23.4 Å². The molecule has 4 aromatic rings. The molecule has 8 nitrogen and oxygen atoms in total. The summed E-state index contributed by atoms with van der Waals surface area (Å²) in [6.07, 6.45) is 3.14. The van der Waals surface area contributed by atoms with Crippen molar-refractivity contribution in [2.24, 2.45) is 0 Å². The second kappa shape index (κ2) is 7.59. The molecular formula is C21H19N5O3. The molecule has 0 fully saturated rings. The zero-order valence-electron chi connectivity index (χ0n) is 15.9. The third kappa shape index (κ3) is 3.60. The molecule has 0 aliphatic rings. The number of benzene rings is 1. The fourth-order valence-electron chi connectivity index (χ4n) is 2.98. The first-order valence-electron chi connectivity index (χ1n) is 9.12. The molecule has 29 heavy (non-hydrogen) atoms. The number of hydrazine groups is 1. The molecule has 4 rings (SSSR count). The number of hydrogen-bond donors (Lipinski definition) is 2. The van der Waals surface area contributed by atoms with Gasteiger partial charge in [-0.25, -0.2) is 9.67 Å². The monoisotopic (exact) mass is 389 g/mol. The van der Waals surface area contributed by atoms with Crippen LogP contribution in [0.15, 0.2) is 65.4 Å². The molecule has 0 bridgehead atoms. The van der Waals surface area contributed by atoms with E-state index in [-0.39, 0.29) is 6.04 Å². The molecule has 2 amide bonds. The molecular weight excluding hydrogens is 370 g/mol. The summed E-state index contributed by atoms with van der Waals surface area (Å²) in [5.41, 5.74) is 6.75. The van der Waals surface area contributed by atoms with Gasteiger partial charge in [0.25, 0.3) is 11.8 Å². The van der Waals surface area contributed by atoms with Crippen LogP contribution in [-0.2, 0) is 0 Å². The van der Waals surface area contributed by atoms with Crippen molar-refractivity contribution in [3.05, 3.63) is 72.1 Å². The highest BCUT2D eigenvalue weighted by atomic mass is 16.3. The predicted octanol–water partition coefficient (Wildman–Crippen LogP) is 3.35. The van der Waals surface area contributed by atoms with Crippen LogP contribution in [-0.4, -0.2) is 26.6 Å². The van der Waals surface area contributed by atoms with Crippen LogP contribution >= 0.6 is 0 Å². The Bertz CT molecular complexity index is 1160. The van der Waals surface area contributed by atoms with Gasteiger partial charge in [0.1, 0.15) is 5.69 Å². The van der Waals surface area contributed by atoms with E-state index in [0.717, 1.165) is 0 Å². The van der Waals surface area contributed by atoms with E-state index in [4.69, 9.17) is 4.42 Å². The number of rotatable bonds is 4. The molecule has 0 unspecified atom stereocenters. The van der Waals surface area contributed by atoms with Crippen molar-refractivity contribution in [2.75, 3.05) is 0 Å². The lowest BCUT2D eigenvalue weighted by molar-refractivity contribution is 0.0847. The lowest BCUT2D eigenvalue weighted by atomic mass is 10.1. The largest absolute Gasteiger partial charge is 0.463 e. The van der Waals surface area contributed by atoms with Gasteiger partial charge in [0.15, 0.2) is 11.4 Å². The molecule has 0 aliphatic carbocycles. The molecule has 0 radical (unpaired) electrons. The summed E-state index contributed by atoms with van der Waals surface area (Å²) in [4.78, 5) is 29.7. The van der Waals surface area contributed by atoms with Crippen LogP contribution in [0.4, 0.5) is 0 Å². The van der Waals surface area contributed by atoms with E-state index in [0.29, 0.717) is 33.6 Å². The summed E-state index contributed by atoms with van der Waals surface area (Å²) in [5.74, 6) is -0.350. The van der Waals surface area contributed by atoms with Crippen molar-refractivity contribution in [3.8, 4) is 11.5 Å². The average molecular weight is 389 g/mol. The summed E-state index contributed by atoms with van der Waals surface area (Å²) < 4.78 is 7.18. The van der Waals surface area contributed by atoms with Gasteiger partial charge in [0, 0.05) is 11.6 Å². The van der Waals surface area contributed by atoms with Crippen molar-refractivity contribution in [3.63, 3.8) is 0 Å². The first-order valence-corrected chi connectivity index (χ1v) is 9.12. The number of nitrogens with one attached hydrogen (secondary N) is 2. The normalized spacial score (nSPS) is 11.0. The molecule has 0 saturated heterocycles. The Kier molecular flexibility index (Phi) is 4.82. The topological polar surface area (TPSA) is 102 Å². The molecule has 2 N–H and O–H groups in total. The Morgan fingerprint density at radius 1 is 1.03 bits per heavy atom. The maximum Gasteiger partial charge on any atom is 0.270 e. The first kappa shape index (κ1) is 18.4. The number of carbonyl (C=O) groups excluding carboxylic acids is 2. The van der Waals surface area contributed by atoms with E-state index in [9.17, 15) is 9.59 Å². The van der Waals surface area contributed by atoms with Crippen LogP contribution < -0.4 is 10.9 Å². The van der Waals surface area contributed by atoms with Gasteiger partial charge < -0.3 is 4.42 Å². The quantitative estimate of drug-likeness (QED) is 0.521. The predicted molar refractivity (Wildman–Crippen MR) is 107 cm³/mol. The van der Waals surface area contributed by atoms with Gasteiger partial charge in [-0.3, -0.25) is 20.4 Å². The molecule has 3 heterocycles. The van der Waals surface area contributed by atoms with E-state index in [1.807, 2.05) is 19.9 Å². The second-order valence-electron chi connectivity index (χ2n) is 6.73. The van der Waals surface area contributed by atoms with Crippen LogP contribution in [0, 0.1) is 0 Å². The van der Waals surface area contributed by atoms with Crippen molar-refractivity contribution in [1.29, 1.82) is 0 Å². The summed E-state index contributed by atoms with van der Waals surface area (Å²) in [7, 11) is 0. The standard InChI is InChI=1S/C21H19N5O3/c1-13(2)26-19-16(12-22-26)15(11-17(23-19)18-9-6-10-29-18)21(28)25-24-20(27)14-7-4-3-5-8-14/h3-13H,1-2H3,(H,24,27)(H,25,28). The highest BCUT2D eigenvalue weighted by Crippen LogP contribution is 2.26. The van der Waals surface area contributed by atoms with Crippen LogP contribution in [0.2, 0.25) is 0 Å². The fraction of sp³-hybridized carbons (Fsp3) is 0.143. The van der Waals surface area contributed by atoms with Crippen molar-refractivity contribution in [1.82, 2.24) is 25.6 Å². The Morgan fingerprint density at radius 3 is 2.48 bits per heavy atom. The minimum absolute atomic E-state index is 0.0561. The lowest BCUT2D eigenvalue weighted by Crippen LogP contribution is -2.41. The van der Waals surface area contributed by atoms with Crippen molar-refractivity contribution in [2.45, 2.75) is 19.9 Å². The molecule has 0 saturated carbocycles. The molecule has 8 heteroatoms. The Balaban J connectivity index is 1.68. The van der Waals surface area contributed by atoms with Crippen LogP contribution in [0.3, 0.4) is 0 Å². The van der Waals surface area contributed by atoms with Crippen LogP contribution in [0.25, 0.3) is 22.5 Å². The third-order valence-corrected chi connectivity index (χ3v) is 4.40. The van der Waals surface area contributed by atoms with Crippen LogP contribution in [0.1, 0.15) is 40.6 Å². The molecule has 0 spiro atoms. The maximum absolute atomic E-state index is 12.9. The Morgan fingerprint density at radius 2 is 1.79 bits per heavy atom. The van der Waals surface area contributed by atoms with Crippen molar-refractivity contribution < 1.29 is 14.0 Å². The zero-order valence-corrected chi connectivity index (χ0v) is 15.9. The summed E-state index contributed by atoms with van der Waals surface area (Å²) in [5, 5.41) is 4.94.